The molecule has 0 radical (unpaired) electrons. The summed E-state index contributed by atoms with van der Waals surface area (Å²) in [7, 11) is 0. The minimum absolute atomic E-state index is 0.339. The van der Waals surface area contributed by atoms with Gasteiger partial charge >= 0.3 is 35.8 Å². The zero-order valence-corrected chi connectivity index (χ0v) is 16.4. The summed E-state index contributed by atoms with van der Waals surface area (Å²) in [6, 6.07) is 0. The summed E-state index contributed by atoms with van der Waals surface area (Å²) in [4.78, 5) is 34.4. The zero-order chi connectivity index (χ0) is 23.1. The molecule has 1 heterocycles. The van der Waals surface area contributed by atoms with E-state index >= 15 is 8.78 Å². The number of alkyl halides is 5. The Morgan fingerprint density at radius 3 is 2.00 bits per heavy atom. The predicted octanol–water partition coefficient (Wildman–Crippen LogP) is 2.92. The molecule has 1 rings (SSSR count). The molecule has 7 nitrogen and oxygen atoms in total. The predicted molar refractivity (Wildman–Crippen MR) is 85.5 cm³/mol. The lowest BCUT2D eigenvalue weighted by Gasteiger charge is -2.56. The topological polar surface area (TPSA) is 88.1 Å². The Bertz CT molecular complexity index is 715. The molecule has 1 fully saturated rings. The van der Waals surface area contributed by atoms with E-state index in [1.54, 1.807) is 0 Å². The van der Waals surface area contributed by atoms with Crippen molar-refractivity contribution in [2.75, 3.05) is 13.2 Å². The molecule has 0 aromatic carbocycles. The Morgan fingerprint density at radius 2 is 1.59 bits per heavy atom. The van der Waals surface area contributed by atoms with Gasteiger partial charge in [-0.1, -0.05) is 20.4 Å². The molecule has 1 saturated heterocycles. The molecule has 12 heteroatoms. The highest BCUT2D eigenvalue weighted by atomic mass is 19.4. The molecule has 1 aliphatic rings. The molecular formula is C17H21F5O7. The second-order valence-corrected chi connectivity index (χ2v) is 7.32. The van der Waals surface area contributed by atoms with Crippen molar-refractivity contribution >= 4 is 17.9 Å². The Labute approximate surface area is 163 Å². The van der Waals surface area contributed by atoms with Gasteiger partial charge in [-0.25, -0.2) is 9.59 Å². The van der Waals surface area contributed by atoms with Gasteiger partial charge in [0, 0.05) is 17.9 Å². The summed E-state index contributed by atoms with van der Waals surface area (Å²) in [5.74, 6) is -14.3. The summed E-state index contributed by atoms with van der Waals surface area (Å²) in [6.07, 6.45) is -5.95. The summed E-state index contributed by atoms with van der Waals surface area (Å²) in [6.45, 7) is 5.55. The van der Waals surface area contributed by atoms with Crippen molar-refractivity contribution in [2.45, 2.75) is 58.1 Å². The van der Waals surface area contributed by atoms with E-state index in [0.29, 0.717) is 6.92 Å². The van der Waals surface area contributed by atoms with Crippen molar-refractivity contribution in [1.82, 2.24) is 0 Å². The van der Waals surface area contributed by atoms with E-state index in [0.717, 1.165) is 27.7 Å². The van der Waals surface area contributed by atoms with Crippen LogP contribution in [0.1, 0.15) is 34.6 Å². The van der Waals surface area contributed by atoms with Gasteiger partial charge in [0.05, 0.1) is 6.61 Å². The largest absolute Gasteiger partial charge is 0.462 e. The van der Waals surface area contributed by atoms with Crippen molar-refractivity contribution in [2.24, 2.45) is 5.41 Å². The minimum Gasteiger partial charge on any atom is -0.454 e. The average molecular weight is 432 g/mol. The second-order valence-electron chi connectivity index (χ2n) is 7.32. The third kappa shape index (κ3) is 4.07. The van der Waals surface area contributed by atoms with E-state index < -0.39 is 60.0 Å². The van der Waals surface area contributed by atoms with Crippen LogP contribution in [0.3, 0.4) is 0 Å². The first-order chi connectivity index (χ1) is 12.8. The van der Waals surface area contributed by atoms with Crippen LogP contribution in [0.5, 0.6) is 0 Å². The summed E-state index contributed by atoms with van der Waals surface area (Å²) in [5.41, 5.74) is -5.32. The normalized spacial score (nSPS) is 28.2. The SMILES string of the molecule is C=C(C)C(=O)OC1(C)C(C)(C)COC(OC(=O)COC(C)=O)(C(F)(F)F)C1(F)F. The average Bonchev–Trinajstić information content (AvgIpc) is 2.53. The van der Waals surface area contributed by atoms with Gasteiger partial charge in [0.2, 0.25) is 0 Å². The molecule has 0 aromatic heterocycles. The van der Waals surface area contributed by atoms with Crippen LogP contribution in [0.15, 0.2) is 12.2 Å². The summed E-state index contributed by atoms with van der Waals surface area (Å²) < 4.78 is 89.6. The third-order valence-electron chi connectivity index (χ3n) is 4.61. The number of carbonyl (C=O) groups is 3. The maximum Gasteiger partial charge on any atom is 0.462 e. The highest BCUT2D eigenvalue weighted by molar-refractivity contribution is 5.87. The van der Waals surface area contributed by atoms with Crippen LogP contribution in [0.4, 0.5) is 22.0 Å². The number of rotatable bonds is 5. The van der Waals surface area contributed by atoms with Crippen LogP contribution in [0.25, 0.3) is 0 Å². The molecule has 2 unspecified atom stereocenters. The van der Waals surface area contributed by atoms with Crippen molar-refractivity contribution < 1.29 is 55.3 Å². The molecule has 1 aliphatic heterocycles. The van der Waals surface area contributed by atoms with Crippen LogP contribution in [-0.2, 0) is 33.3 Å². The Hall–Kier alpha value is -2.24. The molecule has 0 aromatic rings. The van der Waals surface area contributed by atoms with Crippen LogP contribution < -0.4 is 0 Å². The lowest BCUT2D eigenvalue weighted by molar-refractivity contribution is -0.484. The van der Waals surface area contributed by atoms with Gasteiger partial charge in [-0.3, -0.25) is 4.79 Å². The third-order valence-corrected chi connectivity index (χ3v) is 4.61. The van der Waals surface area contributed by atoms with Crippen molar-refractivity contribution in [1.29, 1.82) is 0 Å². The molecule has 166 valence electrons. The van der Waals surface area contributed by atoms with Crippen LogP contribution in [0, 0.1) is 5.41 Å². The van der Waals surface area contributed by atoms with Gasteiger partial charge in [-0.2, -0.15) is 22.0 Å². The second kappa shape index (κ2) is 7.54. The standard InChI is InChI=1S/C17H21F5O7/c1-9(2)12(25)29-14(6)13(4,5)8-27-16(15(14,18)19,17(20,21)22)28-11(24)7-26-10(3)23/h1,7-8H2,2-6H3. The Balaban J connectivity index is 3.54. The lowest BCUT2D eigenvalue weighted by atomic mass is 9.67. The van der Waals surface area contributed by atoms with Gasteiger partial charge in [0.15, 0.2) is 12.2 Å². The van der Waals surface area contributed by atoms with Gasteiger partial charge in [0.25, 0.3) is 0 Å². The molecule has 2 atom stereocenters. The molecule has 0 bridgehead atoms. The molecular weight excluding hydrogens is 411 g/mol. The van der Waals surface area contributed by atoms with Crippen LogP contribution in [0.2, 0.25) is 0 Å². The van der Waals surface area contributed by atoms with Crippen molar-refractivity contribution in [3.05, 3.63) is 12.2 Å². The Kier molecular flexibility index (Phi) is 6.45. The maximum atomic E-state index is 15.4. The van der Waals surface area contributed by atoms with Crippen LogP contribution >= 0.6 is 0 Å². The van der Waals surface area contributed by atoms with E-state index in [1.165, 1.54) is 0 Å². The van der Waals surface area contributed by atoms with Gasteiger partial charge in [-0.05, 0) is 13.8 Å². The van der Waals surface area contributed by atoms with E-state index in [1.807, 2.05) is 0 Å². The fraction of sp³-hybridized carbons (Fsp3) is 0.706. The highest BCUT2D eigenvalue weighted by Gasteiger charge is 2.86. The van der Waals surface area contributed by atoms with E-state index in [2.05, 4.69) is 20.8 Å². The number of esters is 3. The fourth-order valence-corrected chi connectivity index (χ4v) is 2.49. The quantitative estimate of drug-likeness (QED) is 0.286. The summed E-state index contributed by atoms with van der Waals surface area (Å²) in [5, 5.41) is 0. The van der Waals surface area contributed by atoms with Crippen LogP contribution in [-0.4, -0.2) is 54.6 Å². The molecule has 0 aliphatic carbocycles. The van der Waals surface area contributed by atoms with Crippen molar-refractivity contribution in [3.8, 4) is 0 Å². The fourth-order valence-electron chi connectivity index (χ4n) is 2.49. The van der Waals surface area contributed by atoms with E-state index in [-0.39, 0.29) is 5.57 Å². The first kappa shape index (κ1) is 24.8. The smallest absolute Gasteiger partial charge is 0.454 e. The number of hydrogen-bond donors (Lipinski definition) is 0. The van der Waals surface area contributed by atoms with E-state index in [9.17, 15) is 27.6 Å². The first-order valence-electron chi connectivity index (χ1n) is 8.17. The molecule has 29 heavy (non-hydrogen) atoms. The monoisotopic (exact) mass is 432 g/mol. The number of ether oxygens (including phenoxy) is 4. The lowest BCUT2D eigenvalue weighted by Crippen LogP contribution is -2.79. The summed E-state index contributed by atoms with van der Waals surface area (Å²) >= 11 is 0. The molecule has 0 spiro atoms. The van der Waals surface area contributed by atoms with Gasteiger partial charge in [-0.15, -0.1) is 0 Å². The van der Waals surface area contributed by atoms with Gasteiger partial charge < -0.3 is 18.9 Å². The number of halogens is 5. The molecule has 0 amide bonds. The van der Waals surface area contributed by atoms with Crippen molar-refractivity contribution in [3.63, 3.8) is 0 Å². The van der Waals surface area contributed by atoms with E-state index in [4.69, 9.17) is 4.74 Å². The Morgan fingerprint density at radius 1 is 1.07 bits per heavy atom. The number of hydrogen-bond acceptors (Lipinski definition) is 7. The maximum absolute atomic E-state index is 15.4. The highest BCUT2D eigenvalue weighted by Crippen LogP contribution is 2.60. The zero-order valence-electron chi connectivity index (χ0n) is 16.4. The first-order valence-corrected chi connectivity index (χ1v) is 8.17. The number of carbonyl (C=O) groups excluding carboxylic acids is 3. The molecule has 0 saturated carbocycles. The molecule has 0 N–H and O–H groups in total. The van der Waals surface area contributed by atoms with Gasteiger partial charge in [0.1, 0.15) is 0 Å². The minimum atomic E-state index is -5.95.